The first-order chi connectivity index (χ1) is 15.0. The predicted molar refractivity (Wildman–Crippen MR) is 111 cm³/mol. The summed E-state index contributed by atoms with van der Waals surface area (Å²) in [6.45, 7) is 1.90. The number of hydrogen-bond acceptors (Lipinski definition) is 3. The van der Waals surface area contributed by atoms with Crippen molar-refractivity contribution in [3.05, 3.63) is 90.7 Å². The maximum absolute atomic E-state index is 14.9. The van der Waals surface area contributed by atoms with Gasteiger partial charge in [0, 0.05) is 19.5 Å². The lowest BCUT2D eigenvalue weighted by Crippen LogP contribution is -2.41. The van der Waals surface area contributed by atoms with Crippen LogP contribution in [0.3, 0.4) is 0 Å². The summed E-state index contributed by atoms with van der Waals surface area (Å²) in [5.74, 6) is -0.688. The molecule has 0 atom stereocenters. The number of aromatic nitrogens is 4. The van der Waals surface area contributed by atoms with Crippen LogP contribution in [0.5, 0.6) is 0 Å². The molecular formula is C21H15ClF4N4O2. The molecule has 2 aromatic heterocycles. The van der Waals surface area contributed by atoms with Crippen LogP contribution in [0, 0.1) is 12.7 Å². The predicted octanol–water partition coefficient (Wildman–Crippen LogP) is 4.12. The number of fused-ring (bicyclic) bond motifs is 1. The molecule has 0 amide bonds. The van der Waals surface area contributed by atoms with Crippen LogP contribution >= 0.6 is 11.6 Å². The number of imidazole rings is 1. The van der Waals surface area contributed by atoms with Gasteiger partial charge >= 0.3 is 11.9 Å². The SMILES string of the molecule is Cc1ccccc1Cc1nc2c(Cl)cc(F)c(-n3c(=O)cc(C(F)(F)F)n(C)c3=O)c2[nH]1. The summed E-state index contributed by atoms with van der Waals surface area (Å²) in [5, 5.41) is -0.0784. The van der Waals surface area contributed by atoms with E-state index in [4.69, 9.17) is 11.6 Å². The number of nitrogens with zero attached hydrogens (tertiary/aromatic N) is 3. The third-order valence-electron chi connectivity index (χ3n) is 5.15. The zero-order valence-electron chi connectivity index (χ0n) is 16.7. The Bertz CT molecular complexity index is 1480. The van der Waals surface area contributed by atoms with E-state index in [0.29, 0.717) is 16.8 Å². The van der Waals surface area contributed by atoms with Crippen molar-refractivity contribution in [3.8, 4) is 5.69 Å². The van der Waals surface area contributed by atoms with Gasteiger partial charge in [0.05, 0.1) is 10.5 Å². The normalized spacial score (nSPS) is 12.0. The monoisotopic (exact) mass is 466 g/mol. The average Bonchev–Trinajstić information content (AvgIpc) is 3.12. The number of hydrogen-bond donors (Lipinski definition) is 1. The molecule has 0 unspecified atom stereocenters. The number of rotatable bonds is 3. The van der Waals surface area contributed by atoms with Gasteiger partial charge in [-0.25, -0.2) is 18.7 Å². The molecule has 2 heterocycles. The molecule has 11 heteroatoms. The summed E-state index contributed by atoms with van der Waals surface area (Å²) in [4.78, 5) is 32.4. The van der Waals surface area contributed by atoms with Gasteiger partial charge in [-0.05, 0) is 24.1 Å². The second-order valence-corrected chi connectivity index (χ2v) is 7.65. The molecule has 1 N–H and O–H groups in total. The van der Waals surface area contributed by atoms with Gasteiger partial charge in [0.25, 0.3) is 5.56 Å². The van der Waals surface area contributed by atoms with Gasteiger partial charge < -0.3 is 4.98 Å². The van der Waals surface area contributed by atoms with Crippen LogP contribution < -0.4 is 11.2 Å². The van der Waals surface area contributed by atoms with E-state index in [1.807, 2.05) is 31.2 Å². The molecule has 0 bridgehead atoms. The highest BCUT2D eigenvalue weighted by molar-refractivity contribution is 6.35. The number of aryl methyl sites for hydroxylation is 1. The molecule has 0 spiro atoms. The standard InChI is InChI=1S/C21H15ClF4N4O2/c1-10-5-3-4-6-11(10)7-15-27-17-12(22)8-13(23)19(18(17)28-15)30-16(31)9-14(21(24,25)26)29(2)20(30)32/h3-6,8-9H,7H2,1-2H3,(H,27,28). The Balaban J connectivity index is 1.98. The first-order valence-corrected chi connectivity index (χ1v) is 9.68. The van der Waals surface area contributed by atoms with Crippen molar-refractivity contribution in [3.63, 3.8) is 0 Å². The molecule has 6 nitrogen and oxygen atoms in total. The largest absolute Gasteiger partial charge is 0.431 e. The van der Waals surface area contributed by atoms with E-state index in [0.717, 1.165) is 24.2 Å². The highest BCUT2D eigenvalue weighted by atomic mass is 35.5. The second-order valence-electron chi connectivity index (χ2n) is 7.24. The molecule has 0 aliphatic rings. The van der Waals surface area contributed by atoms with Gasteiger partial charge in [0.1, 0.15) is 22.7 Å². The lowest BCUT2D eigenvalue weighted by molar-refractivity contribution is -0.144. The third-order valence-corrected chi connectivity index (χ3v) is 5.44. The Morgan fingerprint density at radius 3 is 2.50 bits per heavy atom. The van der Waals surface area contributed by atoms with Crippen LogP contribution in [0.25, 0.3) is 16.7 Å². The van der Waals surface area contributed by atoms with Gasteiger partial charge in [-0.3, -0.25) is 9.36 Å². The van der Waals surface area contributed by atoms with E-state index in [1.165, 1.54) is 0 Å². The minimum atomic E-state index is -4.94. The highest BCUT2D eigenvalue weighted by Gasteiger charge is 2.35. The van der Waals surface area contributed by atoms with Crippen LogP contribution in [0.4, 0.5) is 17.6 Å². The summed E-state index contributed by atoms with van der Waals surface area (Å²) in [5.41, 5.74) is -2.77. The van der Waals surface area contributed by atoms with Crippen molar-refractivity contribution >= 4 is 22.6 Å². The minimum absolute atomic E-state index is 0.0717. The van der Waals surface area contributed by atoms with Gasteiger partial charge in [0.2, 0.25) is 0 Å². The quantitative estimate of drug-likeness (QED) is 0.462. The van der Waals surface area contributed by atoms with E-state index in [9.17, 15) is 27.2 Å². The lowest BCUT2D eigenvalue weighted by Gasteiger charge is -2.14. The van der Waals surface area contributed by atoms with Crippen molar-refractivity contribution in [2.24, 2.45) is 7.05 Å². The minimum Gasteiger partial charge on any atom is -0.340 e. The van der Waals surface area contributed by atoms with Crippen molar-refractivity contribution in [1.29, 1.82) is 0 Å². The van der Waals surface area contributed by atoms with Crippen molar-refractivity contribution in [2.75, 3.05) is 0 Å². The molecule has 0 fully saturated rings. The van der Waals surface area contributed by atoms with Crippen molar-refractivity contribution < 1.29 is 17.6 Å². The maximum Gasteiger partial charge on any atom is 0.431 e. The highest BCUT2D eigenvalue weighted by Crippen LogP contribution is 2.31. The molecule has 0 saturated heterocycles. The van der Waals surface area contributed by atoms with Gasteiger partial charge in [-0.1, -0.05) is 35.9 Å². The fourth-order valence-electron chi connectivity index (χ4n) is 3.53. The topological polar surface area (TPSA) is 72.7 Å². The zero-order chi connectivity index (χ0) is 23.4. The number of nitrogens with one attached hydrogen (secondary N) is 1. The Hall–Kier alpha value is -3.40. The van der Waals surface area contributed by atoms with Gasteiger partial charge in [0.15, 0.2) is 5.82 Å². The lowest BCUT2D eigenvalue weighted by atomic mass is 10.1. The Morgan fingerprint density at radius 2 is 1.84 bits per heavy atom. The molecule has 4 aromatic rings. The molecule has 0 saturated carbocycles. The number of aromatic amines is 1. The van der Waals surface area contributed by atoms with E-state index in [2.05, 4.69) is 9.97 Å². The summed E-state index contributed by atoms with van der Waals surface area (Å²) in [7, 11) is 0.850. The molecule has 166 valence electrons. The van der Waals surface area contributed by atoms with Crippen molar-refractivity contribution in [1.82, 2.24) is 19.1 Å². The number of H-pyrrole nitrogens is 1. The Labute approximate surface area is 182 Å². The fraction of sp³-hybridized carbons (Fsp3) is 0.190. The van der Waals surface area contributed by atoms with Crippen LogP contribution in [0.15, 0.2) is 46.0 Å². The van der Waals surface area contributed by atoms with E-state index in [1.54, 1.807) is 0 Å². The summed E-state index contributed by atoms with van der Waals surface area (Å²) in [6, 6.07) is 8.60. The van der Waals surface area contributed by atoms with E-state index in [-0.39, 0.29) is 26.7 Å². The summed E-state index contributed by atoms with van der Waals surface area (Å²) >= 11 is 6.12. The number of alkyl halides is 3. The third kappa shape index (κ3) is 3.60. The first-order valence-electron chi connectivity index (χ1n) is 9.30. The number of benzene rings is 2. The first kappa shape index (κ1) is 21.8. The summed E-state index contributed by atoms with van der Waals surface area (Å²) in [6.07, 6.45) is -4.62. The Kier molecular flexibility index (Phi) is 5.20. The molecule has 32 heavy (non-hydrogen) atoms. The molecular weight excluding hydrogens is 452 g/mol. The van der Waals surface area contributed by atoms with Crippen LogP contribution in [0.1, 0.15) is 22.6 Å². The van der Waals surface area contributed by atoms with Gasteiger partial charge in [-0.2, -0.15) is 13.2 Å². The maximum atomic E-state index is 14.9. The molecule has 0 radical (unpaired) electrons. The van der Waals surface area contributed by atoms with Gasteiger partial charge in [-0.15, -0.1) is 0 Å². The molecule has 0 aliphatic carbocycles. The van der Waals surface area contributed by atoms with E-state index < -0.39 is 34.6 Å². The second kappa shape index (κ2) is 7.63. The van der Waals surface area contributed by atoms with Crippen LogP contribution in [-0.4, -0.2) is 19.1 Å². The smallest absolute Gasteiger partial charge is 0.340 e. The average molecular weight is 467 g/mol. The van der Waals surface area contributed by atoms with Crippen LogP contribution in [0.2, 0.25) is 5.02 Å². The molecule has 0 aliphatic heterocycles. The molecule has 2 aromatic carbocycles. The van der Waals surface area contributed by atoms with Crippen LogP contribution in [-0.2, 0) is 19.6 Å². The number of halogens is 5. The molecule has 4 rings (SSSR count). The Morgan fingerprint density at radius 1 is 1.16 bits per heavy atom. The summed E-state index contributed by atoms with van der Waals surface area (Å²) < 4.78 is 55.0. The zero-order valence-corrected chi connectivity index (χ0v) is 17.5. The van der Waals surface area contributed by atoms with E-state index >= 15 is 0 Å². The fourth-order valence-corrected chi connectivity index (χ4v) is 3.76. The van der Waals surface area contributed by atoms with Crippen molar-refractivity contribution in [2.45, 2.75) is 19.5 Å².